The molecule has 76 valence electrons. The lowest BCUT2D eigenvalue weighted by Crippen LogP contribution is -2.48. The molecule has 1 nitrogen and oxygen atoms in total. The molecule has 0 aromatic carbocycles. The van der Waals surface area contributed by atoms with Gasteiger partial charge in [-0.15, -0.1) is 0 Å². The fourth-order valence-corrected chi connectivity index (χ4v) is 2.64. The average molecular weight is 181 g/mol. The highest BCUT2D eigenvalue weighted by atomic mass is 15.0. The van der Waals surface area contributed by atoms with Gasteiger partial charge in [-0.25, -0.2) is 0 Å². The second-order valence-corrected chi connectivity index (χ2v) is 5.28. The minimum atomic E-state index is 0.851. The first-order valence-corrected chi connectivity index (χ1v) is 6.01. The van der Waals surface area contributed by atoms with Crippen LogP contribution in [0.15, 0.2) is 0 Å². The summed E-state index contributed by atoms with van der Waals surface area (Å²) in [6.45, 7) is 4.77. The van der Waals surface area contributed by atoms with E-state index in [1.165, 1.54) is 38.5 Å². The summed E-state index contributed by atoms with van der Waals surface area (Å²) in [6.07, 6.45) is 8.60. The molecule has 2 fully saturated rings. The topological polar surface area (TPSA) is 12.0 Å². The SMILES string of the molecule is CC1CCC(NC2CCC2C)CC1. The Balaban J connectivity index is 1.70. The first-order valence-electron chi connectivity index (χ1n) is 6.01. The van der Waals surface area contributed by atoms with Crippen molar-refractivity contribution < 1.29 is 0 Å². The van der Waals surface area contributed by atoms with E-state index in [1.807, 2.05) is 0 Å². The van der Waals surface area contributed by atoms with E-state index in [4.69, 9.17) is 0 Å². The maximum atomic E-state index is 3.83. The lowest BCUT2D eigenvalue weighted by molar-refractivity contribution is 0.183. The van der Waals surface area contributed by atoms with Crippen LogP contribution < -0.4 is 5.32 Å². The van der Waals surface area contributed by atoms with Crippen LogP contribution in [0.1, 0.15) is 52.4 Å². The van der Waals surface area contributed by atoms with E-state index >= 15 is 0 Å². The fraction of sp³-hybridized carbons (Fsp3) is 1.00. The first-order chi connectivity index (χ1) is 6.25. The molecule has 1 N–H and O–H groups in total. The molecule has 2 saturated carbocycles. The Morgan fingerprint density at radius 1 is 0.846 bits per heavy atom. The van der Waals surface area contributed by atoms with Crippen LogP contribution in [0.2, 0.25) is 0 Å². The van der Waals surface area contributed by atoms with E-state index < -0.39 is 0 Å². The lowest BCUT2D eigenvalue weighted by Gasteiger charge is -2.39. The van der Waals surface area contributed by atoms with Gasteiger partial charge in [-0.3, -0.25) is 0 Å². The predicted octanol–water partition coefficient (Wildman–Crippen LogP) is 2.95. The van der Waals surface area contributed by atoms with E-state index in [9.17, 15) is 0 Å². The zero-order valence-electron chi connectivity index (χ0n) is 9.05. The minimum Gasteiger partial charge on any atom is -0.311 e. The molecule has 0 aromatic heterocycles. The fourth-order valence-electron chi connectivity index (χ4n) is 2.64. The third-order valence-electron chi connectivity index (χ3n) is 4.09. The molecule has 2 rings (SSSR count). The van der Waals surface area contributed by atoms with Crippen LogP contribution in [0.25, 0.3) is 0 Å². The highest BCUT2D eigenvalue weighted by molar-refractivity contribution is 4.87. The Hall–Kier alpha value is -0.0400. The van der Waals surface area contributed by atoms with Crippen molar-refractivity contribution in [3.8, 4) is 0 Å². The van der Waals surface area contributed by atoms with Crippen molar-refractivity contribution in [2.75, 3.05) is 0 Å². The van der Waals surface area contributed by atoms with Crippen molar-refractivity contribution in [1.82, 2.24) is 5.32 Å². The molecule has 0 aromatic rings. The molecule has 0 aliphatic heterocycles. The average Bonchev–Trinajstić information content (AvgIpc) is 2.15. The molecule has 0 heterocycles. The van der Waals surface area contributed by atoms with Crippen molar-refractivity contribution in [1.29, 1.82) is 0 Å². The summed E-state index contributed by atoms with van der Waals surface area (Å²) in [6, 6.07) is 1.71. The Labute approximate surface area is 82.3 Å². The summed E-state index contributed by atoms with van der Waals surface area (Å²) in [5.41, 5.74) is 0. The van der Waals surface area contributed by atoms with Crippen LogP contribution in [0.3, 0.4) is 0 Å². The van der Waals surface area contributed by atoms with E-state index in [2.05, 4.69) is 19.2 Å². The number of nitrogens with one attached hydrogen (secondary N) is 1. The predicted molar refractivity (Wildman–Crippen MR) is 56.7 cm³/mol. The number of hydrogen-bond donors (Lipinski definition) is 1. The molecule has 0 spiro atoms. The van der Waals surface area contributed by atoms with Gasteiger partial charge in [0.15, 0.2) is 0 Å². The normalized spacial score (nSPS) is 45.7. The summed E-state index contributed by atoms with van der Waals surface area (Å²) in [5.74, 6) is 1.93. The van der Waals surface area contributed by atoms with Crippen LogP contribution in [0, 0.1) is 11.8 Å². The molecule has 1 heteroatoms. The van der Waals surface area contributed by atoms with Gasteiger partial charge in [0.1, 0.15) is 0 Å². The Morgan fingerprint density at radius 2 is 1.54 bits per heavy atom. The standard InChI is InChI=1S/C12H23N/c1-9-3-6-11(7-4-9)13-12-8-5-10(12)2/h9-13H,3-8H2,1-2H3. The summed E-state index contributed by atoms with van der Waals surface area (Å²) in [4.78, 5) is 0. The van der Waals surface area contributed by atoms with Gasteiger partial charge in [0.2, 0.25) is 0 Å². The maximum absolute atomic E-state index is 3.83. The second kappa shape index (κ2) is 4.00. The third kappa shape index (κ3) is 2.25. The van der Waals surface area contributed by atoms with E-state index in [0.29, 0.717) is 0 Å². The van der Waals surface area contributed by atoms with E-state index in [0.717, 1.165) is 23.9 Å². The summed E-state index contributed by atoms with van der Waals surface area (Å²) >= 11 is 0. The highest BCUT2D eigenvalue weighted by Gasteiger charge is 2.29. The molecule has 2 unspecified atom stereocenters. The monoisotopic (exact) mass is 181 g/mol. The molecule has 2 atom stereocenters. The molecule has 2 aliphatic rings. The smallest absolute Gasteiger partial charge is 0.00954 e. The van der Waals surface area contributed by atoms with Crippen LogP contribution in [-0.4, -0.2) is 12.1 Å². The van der Waals surface area contributed by atoms with Gasteiger partial charge >= 0.3 is 0 Å². The van der Waals surface area contributed by atoms with Crippen molar-refractivity contribution in [3.63, 3.8) is 0 Å². The van der Waals surface area contributed by atoms with E-state index in [1.54, 1.807) is 0 Å². The van der Waals surface area contributed by atoms with Crippen molar-refractivity contribution in [2.45, 2.75) is 64.5 Å². The van der Waals surface area contributed by atoms with Crippen LogP contribution >= 0.6 is 0 Å². The molecule has 0 radical (unpaired) electrons. The van der Waals surface area contributed by atoms with Gasteiger partial charge in [-0.1, -0.05) is 13.8 Å². The molecule has 0 saturated heterocycles. The minimum absolute atomic E-state index is 0.851. The van der Waals surface area contributed by atoms with Gasteiger partial charge in [-0.05, 0) is 50.4 Å². The van der Waals surface area contributed by atoms with Gasteiger partial charge in [-0.2, -0.15) is 0 Å². The van der Waals surface area contributed by atoms with Crippen molar-refractivity contribution in [2.24, 2.45) is 11.8 Å². The van der Waals surface area contributed by atoms with Crippen molar-refractivity contribution in [3.05, 3.63) is 0 Å². The summed E-state index contributed by atoms with van der Waals surface area (Å²) in [5, 5.41) is 3.83. The van der Waals surface area contributed by atoms with Gasteiger partial charge in [0.25, 0.3) is 0 Å². The zero-order valence-corrected chi connectivity index (χ0v) is 9.05. The van der Waals surface area contributed by atoms with Crippen molar-refractivity contribution >= 4 is 0 Å². The quantitative estimate of drug-likeness (QED) is 0.690. The first kappa shape index (κ1) is 9.51. The number of rotatable bonds is 2. The zero-order chi connectivity index (χ0) is 9.26. The number of hydrogen-bond acceptors (Lipinski definition) is 1. The maximum Gasteiger partial charge on any atom is 0.00954 e. The lowest BCUT2D eigenvalue weighted by atomic mass is 9.79. The summed E-state index contributed by atoms with van der Waals surface area (Å²) < 4.78 is 0. The Morgan fingerprint density at radius 3 is 2.00 bits per heavy atom. The second-order valence-electron chi connectivity index (χ2n) is 5.28. The molecule has 0 amide bonds. The molecule has 13 heavy (non-hydrogen) atoms. The van der Waals surface area contributed by atoms with Gasteiger partial charge < -0.3 is 5.32 Å². The molecule has 0 bridgehead atoms. The van der Waals surface area contributed by atoms with Gasteiger partial charge in [0, 0.05) is 12.1 Å². The van der Waals surface area contributed by atoms with Gasteiger partial charge in [0.05, 0.1) is 0 Å². The van der Waals surface area contributed by atoms with Crippen LogP contribution in [-0.2, 0) is 0 Å². The highest BCUT2D eigenvalue weighted by Crippen LogP contribution is 2.30. The largest absolute Gasteiger partial charge is 0.311 e. The summed E-state index contributed by atoms with van der Waals surface area (Å²) in [7, 11) is 0. The molecular weight excluding hydrogens is 158 g/mol. The molecular formula is C12H23N. The van der Waals surface area contributed by atoms with E-state index in [-0.39, 0.29) is 0 Å². The Bertz CT molecular complexity index is 159. The van der Waals surface area contributed by atoms with Crippen LogP contribution in [0.4, 0.5) is 0 Å². The third-order valence-corrected chi connectivity index (χ3v) is 4.09. The Kier molecular flexibility index (Phi) is 2.92. The van der Waals surface area contributed by atoms with Crippen LogP contribution in [0.5, 0.6) is 0 Å². The molecule has 2 aliphatic carbocycles.